The Morgan fingerprint density at radius 2 is 2.05 bits per heavy atom. The maximum absolute atomic E-state index is 11.7. The molecular weight excluding hydrogens is 306 g/mol. The monoisotopic (exact) mass is 325 g/mol. The number of benzene rings is 1. The van der Waals surface area contributed by atoms with Crippen molar-refractivity contribution >= 4 is 10.0 Å². The lowest BCUT2D eigenvalue weighted by atomic mass is 10.2. The van der Waals surface area contributed by atoms with Gasteiger partial charge in [-0.3, -0.25) is 0 Å². The number of hydrogen-bond donors (Lipinski definition) is 1. The number of nitrogens with one attached hydrogen (secondary N) is 1. The molecule has 8 heteroatoms. The lowest BCUT2D eigenvalue weighted by Gasteiger charge is -2.04. The molecule has 0 saturated carbocycles. The van der Waals surface area contributed by atoms with Gasteiger partial charge < -0.3 is 9.15 Å². The Bertz CT molecular complexity index is 712. The molecule has 0 unspecified atom stereocenters. The van der Waals surface area contributed by atoms with Crippen LogP contribution in [0.25, 0.3) is 11.5 Å². The summed E-state index contributed by atoms with van der Waals surface area (Å²) in [5, 5.41) is 7.78. The molecule has 0 bridgehead atoms. The molecule has 0 fully saturated rings. The van der Waals surface area contributed by atoms with Crippen molar-refractivity contribution in [2.24, 2.45) is 0 Å². The van der Waals surface area contributed by atoms with E-state index in [9.17, 15) is 8.42 Å². The summed E-state index contributed by atoms with van der Waals surface area (Å²) in [5.74, 6) is 1.21. The molecule has 1 heterocycles. The van der Waals surface area contributed by atoms with Crippen LogP contribution in [-0.4, -0.2) is 31.5 Å². The first-order valence-electron chi connectivity index (χ1n) is 6.99. The fraction of sp³-hybridized carbons (Fsp3) is 0.429. The second-order valence-electron chi connectivity index (χ2n) is 4.69. The molecule has 0 aliphatic carbocycles. The van der Waals surface area contributed by atoms with Crippen LogP contribution in [-0.2, 0) is 16.6 Å². The van der Waals surface area contributed by atoms with Crippen molar-refractivity contribution in [3.63, 3.8) is 0 Å². The molecule has 0 aliphatic heterocycles. The van der Waals surface area contributed by atoms with Crippen molar-refractivity contribution in [3.8, 4) is 17.2 Å². The zero-order chi connectivity index (χ0) is 16.0. The third kappa shape index (κ3) is 4.28. The van der Waals surface area contributed by atoms with Crippen molar-refractivity contribution in [1.82, 2.24) is 14.9 Å². The fourth-order valence-electron chi connectivity index (χ4n) is 1.83. The topological polar surface area (TPSA) is 94.3 Å². The van der Waals surface area contributed by atoms with Gasteiger partial charge in [0.25, 0.3) is 5.89 Å². The number of hydrogen-bond acceptors (Lipinski definition) is 6. The second-order valence-corrected chi connectivity index (χ2v) is 6.62. The summed E-state index contributed by atoms with van der Waals surface area (Å²) in [5.41, 5.74) is 0.664. The van der Waals surface area contributed by atoms with E-state index in [2.05, 4.69) is 14.9 Å². The van der Waals surface area contributed by atoms with Crippen molar-refractivity contribution in [2.45, 2.75) is 26.3 Å². The zero-order valence-electron chi connectivity index (χ0n) is 12.6. The van der Waals surface area contributed by atoms with Crippen molar-refractivity contribution in [1.29, 1.82) is 0 Å². The molecule has 0 spiro atoms. The van der Waals surface area contributed by atoms with E-state index in [0.29, 0.717) is 23.6 Å². The van der Waals surface area contributed by atoms with Crippen LogP contribution in [0.2, 0.25) is 0 Å². The molecular formula is C14H19N3O4S. The van der Waals surface area contributed by atoms with Gasteiger partial charge in [0, 0.05) is 0 Å². The first kappa shape index (κ1) is 16.4. The molecule has 2 aromatic rings. The molecule has 1 N–H and O–H groups in total. The van der Waals surface area contributed by atoms with Crippen LogP contribution in [0.1, 0.15) is 25.7 Å². The maximum atomic E-state index is 11.7. The van der Waals surface area contributed by atoms with Crippen molar-refractivity contribution < 1.29 is 17.6 Å². The predicted octanol–water partition coefficient (Wildman–Crippen LogP) is 1.96. The Labute approximate surface area is 129 Å². The van der Waals surface area contributed by atoms with Gasteiger partial charge in [0.05, 0.1) is 25.0 Å². The summed E-state index contributed by atoms with van der Waals surface area (Å²) in [6.45, 7) is 1.92. The molecule has 120 valence electrons. The number of methoxy groups -OCH3 is 1. The molecule has 0 radical (unpaired) electrons. The van der Waals surface area contributed by atoms with Crippen molar-refractivity contribution in [3.05, 3.63) is 30.2 Å². The summed E-state index contributed by atoms with van der Waals surface area (Å²) in [6, 6.07) is 7.24. The molecule has 0 saturated heterocycles. The zero-order valence-corrected chi connectivity index (χ0v) is 13.4. The quantitative estimate of drug-likeness (QED) is 0.797. The van der Waals surface area contributed by atoms with Gasteiger partial charge in [0.1, 0.15) is 5.75 Å². The molecule has 2 rings (SSSR count). The molecule has 22 heavy (non-hydrogen) atoms. The number of nitrogens with zero attached hydrogens (tertiary/aromatic N) is 2. The molecule has 0 aliphatic rings. The highest BCUT2D eigenvalue weighted by Gasteiger charge is 2.15. The van der Waals surface area contributed by atoms with Crippen LogP contribution < -0.4 is 9.46 Å². The molecule has 1 aromatic carbocycles. The van der Waals surface area contributed by atoms with E-state index >= 15 is 0 Å². The Hall–Kier alpha value is -1.93. The van der Waals surface area contributed by atoms with Crippen LogP contribution in [0, 0.1) is 0 Å². The number of unbranched alkanes of at least 4 members (excludes halogenated alkanes) is 1. The van der Waals surface area contributed by atoms with E-state index in [4.69, 9.17) is 9.15 Å². The third-order valence-corrected chi connectivity index (χ3v) is 4.42. The highest BCUT2D eigenvalue weighted by Crippen LogP contribution is 2.28. The molecule has 1 aromatic heterocycles. The molecule has 0 amide bonds. The largest absolute Gasteiger partial charge is 0.496 e. The molecule has 7 nitrogen and oxygen atoms in total. The number of rotatable bonds is 8. The SMILES string of the molecule is CCCCS(=O)(=O)NCc1nnc(-c2ccccc2OC)o1. The lowest BCUT2D eigenvalue weighted by Crippen LogP contribution is -2.26. The molecule has 0 atom stereocenters. The first-order chi connectivity index (χ1) is 10.6. The van der Waals surface area contributed by atoms with Gasteiger partial charge in [-0.05, 0) is 18.6 Å². The average molecular weight is 325 g/mol. The minimum absolute atomic E-state index is 0.0196. The third-order valence-electron chi connectivity index (χ3n) is 3.01. The number of ether oxygens (including phenoxy) is 1. The lowest BCUT2D eigenvalue weighted by molar-refractivity contribution is 0.413. The van der Waals surface area contributed by atoms with Gasteiger partial charge in [-0.15, -0.1) is 10.2 Å². The van der Waals surface area contributed by atoms with Gasteiger partial charge in [-0.25, -0.2) is 13.1 Å². The Balaban J connectivity index is 2.06. The second kappa shape index (κ2) is 7.37. The van der Waals surface area contributed by atoms with Gasteiger partial charge in [-0.1, -0.05) is 25.5 Å². The Morgan fingerprint density at radius 3 is 2.77 bits per heavy atom. The highest BCUT2D eigenvalue weighted by atomic mass is 32.2. The van der Waals surface area contributed by atoms with E-state index in [0.717, 1.165) is 6.42 Å². The van der Waals surface area contributed by atoms with Gasteiger partial charge in [0.2, 0.25) is 15.9 Å². The van der Waals surface area contributed by atoms with E-state index in [-0.39, 0.29) is 18.2 Å². The van der Waals surface area contributed by atoms with E-state index < -0.39 is 10.0 Å². The Kier molecular flexibility index (Phi) is 5.51. The van der Waals surface area contributed by atoms with Crippen LogP contribution in [0.5, 0.6) is 5.75 Å². The summed E-state index contributed by atoms with van der Waals surface area (Å²) in [4.78, 5) is 0. The van der Waals surface area contributed by atoms with E-state index in [1.54, 1.807) is 19.2 Å². The van der Waals surface area contributed by atoms with Gasteiger partial charge >= 0.3 is 0 Å². The van der Waals surface area contributed by atoms with Crippen molar-refractivity contribution in [2.75, 3.05) is 12.9 Å². The van der Waals surface area contributed by atoms with Gasteiger partial charge in [-0.2, -0.15) is 0 Å². The van der Waals surface area contributed by atoms with Crippen LogP contribution in [0.15, 0.2) is 28.7 Å². The number of para-hydroxylation sites is 1. The summed E-state index contributed by atoms with van der Waals surface area (Å²) >= 11 is 0. The average Bonchev–Trinajstić information content (AvgIpc) is 3.00. The predicted molar refractivity (Wildman–Crippen MR) is 81.8 cm³/mol. The normalized spacial score (nSPS) is 11.5. The van der Waals surface area contributed by atoms with Crippen LogP contribution >= 0.6 is 0 Å². The standard InChI is InChI=1S/C14H19N3O4S/c1-3-4-9-22(18,19)15-10-13-16-17-14(21-13)11-7-5-6-8-12(11)20-2/h5-8,15H,3-4,9-10H2,1-2H3. The summed E-state index contributed by atoms with van der Waals surface area (Å²) < 4.78 is 36.6. The Morgan fingerprint density at radius 1 is 1.27 bits per heavy atom. The smallest absolute Gasteiger partial charge is 0.251 e. The summed E-state index contributed by atoms with van der Waals surface area (Å²) in [7, 11) is -1.76. The number of aromatic nitrogens is 2. The van der Waals surface area contributed by atoms with E-state index in [1.165, 1.54) is 0 Å². The van der Waals surface area contributed by atoms with E-state index in [1.807, 2.05) is 19.1 Å². The maximum Gasteiger partial charge on any atom is 0.251 e. The first-order valence-corrected chi connectivity index (χ1v) is 8.64. The number of sulfonamides is 1. The highest BCUT2D eigenvalue weighted by molar-refractivity contribution is 7.89. The van der Waals surface area contributed by atoms with Gasteiger partial charge in [0.15, 0.2) is 0 Å². The minimum atomic E-state index is -3.31. The minimum Gasteiger partial charge on any atom is -0.496 e. The van der Waals surface area contributed by atoms with Crippen LogP contribution in [0.4, 0.5) is 0 Å². The summed E-state index contributed by atoms with van der Waals surface area (Å²) in [6.07, 6.45) is 1.44. The fourth-order valence-corrected chi connectivity index (χ4v) is 2.99. The van der Waals surface area contributed by atoms with Crippen LogP contribution in [0.3, 0.4) is 0 Å².